The van der Waals surface area contributed by atoms with E-state index < -0.39 is 0 Å². The maximum Gasteiger partial charge on any atom is 0.260 e. The van der Waals surface area contributed by atoms with Gasteiger partial charge in [0.2, 0.25) is 0 Å². The first-order valence-electron chi connectivity index (χ1n) is 6.21. The highest BCUT2D eigenvalue weighted by atomic mass is 16.2. The van der Waals surface area contributed by atoms with Crippen molar-refractivity contribution in [3.63, 3.8) is 0 Å². The molecule has 3 rings (SSSR count). The van der Waals surface area contributed by atoms with E-state index in [2.05, 4.69) is 9.97 Å². The molecule has 0 unspecified atom stereocenters. The van der Waals surface area contributed by atoms with Crippen molar-refractivity contribution in [1.82, 2.24) is 9.97 Å². The minimum Gasteiger partial charge on any atom is -0.399 e. The maximum atomic E-state index is 12.6. The number of aromatic nitrogens is 2. The van der Waals surface area contributed by atoms with Crippen molar-refractivity contribution in [3.05, 3.63) is 54.5 Å². The number of hydrogen-bond acceptors (Lipinski definition) is 3. The van der Waals surface area contributed by atoms with Gasteiger partial charge in [0.1, 0.15) is 0 Å². The zero-order valence-electron chi connectivity index (χ0n) is 11.0. The molecule has 0 atom stereocenters. The van der Waals surface area contributed by atoms with Crippen LogP contribution < -0.4 is 10.6 Å². The first kappa shape index (κ1) is 12.2. The third-order valence-electron chi connectivity index (χ3n) is 3.29. The van der Waals surface area contributed by atoms with Gasteiger partial charge in [-0.05, 0) is 30.3 Å². The van der Waals surface area contributed by atoms with Crippen LogP contribution in [0.15, 0.2) is 48.9 Å². The summed E-state index contributed by atoms with van der Waals surface area (Å²) < 4.78 is 0. The van der Waals surface area contributed by atoms with E-state index in [4.69, 9.17) is 5.73 Å². The number of nitrogen functional groups attached to an aromatic ring is 1. The lowest BCUT2D eigenvalue weighted by Gasteiger charge is -2.16. The van der Waals surface area contributed by atoms with Crippen LogP contribution >= 0.6 is 0 Å². The molecular weight excluding hydrogens is 252 g/mol. The van der Waals surface area contributed by atoms with Crippen LogP contribution in [0, 0.1) is 0 Å². The van der Waals surface area contributed by atoms with E-state index in [1.165, 1.54) is 0 Å². The number of amides is 1. The molecule has 3 N–H and O–H groups in total. The van der Waals surface area contributed by atoms with Gasteiger partial charge in [-0.15, -0.1) is 0 Å². The van der Waals surface area contributed by atoms with Gasteiger partial charge in [-0.3, -0.25) is 9.78 Å². The number of H-pyrrole nitrogens is 1. The molecule has 100 valence electrons. The molecule has 1 aromatic carbocycles. The summed E-state index contributed by atoms with van der Waals surface area (Å²) in [6, 6.07) is 9.06. The first-order valence-corrected chi connectivity index (χ1v) is 6.21. The summed E-state index contributed by atoms with van der Waals surface area (Å²) >= 11 is 0. The van der Waals surface area contributed by atoms with Gasteiger partial charge >= 0.3 is 0 Å². The summed E-state index contributed by atoms with van der Waals surface area (Å²) in [5.41, 5.74) is 8.69. The van der Waals surface area contributed by atoms with E-state index in [0.717, 1.165) is 16.6 Å². The summed E-state index contributed by atoms with van der Waals surface area (Å²) in [4.78, 5) is 21.2. The summed E-state index contributed by atoms with van der Waals surface area (Å²) in [6.45, 7) is 0. The number of benzene rings is 1. The van der Waals surface area contributed by atoms with E-state index in [1.54, 1.807) is 48.7 Å². The van der Waals surface area contributed by atoms with Crippen LogP contribution in [0.25, 0.3) is 10.9 Å². The van der Waals surface area contributed by atoms with Gasteiger partial charge in [-0.1, -0.05) is 0 Å². The van der Waals surface area contributed by atoms with E-state index in [9.17, 15) is 4.79 Å². The predicted molar refractivity (Wildman–Crippen MR) is 79.7 cm³/mol. The van der Waals surface area contributed by atoms with Crippen molar-refractivity contribution >= 4 is 28.2 Å². The number of rotatable bonds is 2. The molecule has 2 aromatic heterocycles. The highest BCUT2D eigenvalue weighted by Gasteiger charge is 2.17. The average molecular weight is 266 g/mol. The molecule has 3 aromatic rings. The number of hydrogen-bond donors (Lipinski definition) is 2. The molecular formula is C15H14N4O. The van der Waals surface area contributed by atoms with Gasteiger partial charge in [0, 0.05) is 47.9 Å². The van der Waals surface area contributed by atoms with Crippen molar-refractivity contribution in [3.8, 4) is 0 Å². The monoisotopic (exact) mass is 266 g/mol. The minimum absolute atomic E-state index is 0.0766. The highest BCUT2D eigenvalue weighted by Crippen LogP contribution is 2.23. The molecule has 0 radical (unpaired) electrons. The van der Waals surface area contributed by atoms with Gasteiger partial charge in [-0.2, -0.15) is 0 Å². The van der Waals surface area contributed by atoms with E-state index in [-0.39, 0.29) is 5.91 Å². The Labute approximate surface area is 116 Å². The Hall–Kier alpha value is -2.82. The average Bonchev–Trinajstić information content (AvgIpc) is 2.89. The molecule has 0 aliphatic heterocycles. The lowest BCUT2D eigenvalue weighted by atomic mass is 10.1. The lowest BCUT2D eigenvalue weighted by Crippen LogP contribution is -2.25. The Kier molecular flexibility index (Phi) is 2.87. The molecule has 2 heterocycles. The standard InChI is InChI=1S/C15H14N4O/c1-19(11-4-6-17-7-5-11)15(20)13-9-18-14-8-10(16)2-3-12(13)14/h2-9,18H,16H2,1H3. The molecule has 1 amide bonds. The number of carbonyl (C=O) groups is 1. The van der Waals surface area contributed by atoms with Gasteiger partial charge < -0.3 is 15.6 Å². The Bertz CT molecular complexity index is 764. The first-order chi connectivity index (χ1) is 9.66. The van der Waals surface area contributed by atoms with Gasteiger partial charge in [0.25, 0.3) is 5.91 Å². The maximum absolute atomic E-state index is 12.6. The van der Waals surface area contributed by atoms with Crippen LogP contribution in [0.2, 0.25) is 0 Å². The Morgan fingerprint density at radius 1 is 1.25 bits per heavy atom. The normalized spacial score (nSPS) is 10.7. The molecule has 0 bridgehead atoms. The quantitative estimate of drug-likeness (QED) is 0.699. The number of fused-ring (bicyclic) bond motifs is 1. The Morgan fingerprint density at radius 3 is 2.75 bits per heavy atom. The number of aromatic amines is 1. The summed E-state index contributed by atoms with van der Waals surface area (Å²) in [6.07, 6.45) is 5.04. The van der Waals surface area contributed by atoms with Crippen molar-refractivity contribution in [1.29, 1.82) is 0 Å². The van der Waals surface area contributed by atoms with Gasteiger partial charge in [0.05, 0.1) is 5.56 Å². The minimum atomic E-state index is -0.0766. The van der Waals surface area contributed by atoms with Crippen LogP contribution in [0.3, 0.4) is 0 Å². The number of nitrogens with zero attached hydrogens (tertiary/aromatic N) is 2. The van der Waals surface area contributed by atoms with Crippen molar-refractivity contribution in [2.75, 3.05) is 17.7 Å². The molecule has 0 saturated carbocycles. The lowest BCUT2D eigenvalue weighted by molar-refractivity contribution is 0.0994. The molecule has 5 nitrogen and oxygen atoms in total. The third-order valence-corrected chi connectivity index (χ3v) is 3.29. The predicted octanol–water partition coefficient (Wildman–Crippen LogP) is 2.42. The Morgan fingerprint density at radius 2 is 2.00 bits per heavy atom. The highest BCUT2D eigenvalue weighted by molar-refractivity contribution is 6.13. The zero-order chi connectivity index (χ0) is 14.1. The van der Waals surface area contributed by atoms with E-state index >= 15 is 0 Å². The van der Waals surface area contributed by atoms with Gasteiger partial charge in [0.15, 0.2) is 0 Å². The third kappa shape index (κ3) is 1.99. The molecule has 20 heavy (non-hydrogen) atoms. The smallest absolute Gasteiger partial charge is 0.260 e. The number of nitrogens with two attached hydrogens (primary N) is 1. The van der Waals surface area contributed by atoms with Crippen LogP contribution in [0.5, 0.6) is 0 Å². The van der Waals surface area contributed by atoms with Crippen molar-refractivity contribution in [2.45, 2.75) is 0 Å². The van der Waals surface area contributed by atoms with Gasteiger partial charge in [-0.25, -0.2) is 0 Å². The second kappa shape index (κ2) is 4.70. The van der Waals surface area contributed by atoms with Crippen LogP contribution in [0.1, 0.15) is 10.4 Å². The molecule has 0 aliphatic carbocycles. The van der Waals surface area contributed by atoms with E-state index in [1.807, 2.05) is 12.1 Å². The molecule has 0 spiro atoms. The van der Waals surface area contributed by atoms with Crippen LogP contribution in [-0.2, 0) is 0 Å². The fourth-order valence-electron chi connectivity index (χ4n) is 2.19. The van der Waals surface area contributed by atoms with Crippen molar-refractivity contribution < 1.29 is 4.79 Å². The summed E-state index contributed by atoms with van der Waals surface area (Å²) in [5.74, 6) is -0.0766. The second-order valence-corrected chi connectivity index (χ2v) is 4.58. The summed E-state index contributed by atoms with van der Waals surface area (Å²) in [7, 11) is 1.74. The second-order valence-electron chi connectivity index (χ2n) is 4.58. The number of nitrogens with one attached hydrogen (secondary N) is 1. The molecule has 0 fully saturated rings. The topological polar surface area (TPSA) is 75.0 Å². The molecule has 5 heteroatoms. The van der Waals surface area contributed by atoms with Crippen LogP contribution in [-0.4, -0.2) is 22.9 Å². The molecule has 0 aliphatic rings. The number of pyridine rings is 1. The zero-order valence-corrected chi connectivity index (χ0v) is 11.0. The largest absolute Gasteiger partial charge is 0.399 e. The SMILES string of the molecule is CN(C(=O)c1c[nH]c2cc(N)ccc12)c1ccncc1. The Balaban J connectivity index is 2.01. The van der Waals surface area contributed by atoms with E-state index in [0.29, 0.717) is 11.3 Å². The van der Waals surface area contributed by atoms with Crippen LogP contribution in [0.4, 0.5) is 11.4 Å². The number of carbonyl (C=O) groups excluding carboxylic acids is 1. The fourth-order valence-corrected chi connectivity index (χ4v) is 2.19. The number of anilines is 2. The summed E-state index contributed by atoms with van der Waals surface area (Å²) in [5, 5.41) is 0.866. The van der Waals surface area contributed by atoms with Crippen molar-refractivity contribution in [2.24, 2.45) is 0 Å². The molecule has 0 saturated heterocycles. The fraction of sp³-hybridized carbons (Fsp3) is 0.0667.